The van der Waals surface area contributed by atoms with E-state index in [0.717, 1.165) is 6.20 Å². The molecule has 0 saturated heterocycles. The van der Waals surface area contributed by atoms with Gasteiger partial charge in [-0.2, -0.15) is 0 Å². The van der Waals surface area contributed by atoms with Crippen LogP contribution in [0.5, 0.6) is 5.88 Å². The fourth-order valence-electron chi connectivity index (χ4n) is 1.24. The average Bonchev–Trinajstić information content (AvgIpc) is 2.27. The van der Waals surface area contributed by atoms with Crippen LogP contribution in [-0.2, 0) is 4.74 Å². The number of carbonyl (C=O) groups is 1. The maximum absolute atomic E-state index is 12.5. The van der Waals surface area contributed by atoms with Crippen molar-refractivity contribution >= 4 is 5.97 Å². The van der Waals surface area contributed by atoms with E-state index in [1.807, 2.05) is 0 Å². The van der Waals surface area contributed by atoms with Crippen LogP contribution in [0.1, 0.15) is 29.3 Å². The molecule has 0 unspecified atom stereocenters. The highest BCUT2D eigenvalue weighted by Crippen LogP contribution is 2.19. The summed E-state index contributed by atoms with van der Waals surface area (Å²) in [6.07, 6.45) is -2.16. The standard InChI is InChI=1S/C10H11F2NO4/c1-3-17-10(15)6-7(14)5(8(11)12)4-13-9(6)16-2/h4,8H,3H2,1-2H3,(H,13,14). The molecular formula is C10H11F2NO4. The first kappa shape index (κ1) is 13.1. The van der Waals surface area contributed by atoms with Crippen molar-refractivity contribution in [2.45, 2.75) is 13.3 Å². The molecule has 0 atom stereocenters. The number of rotatable bonds is 4. The Morgan fingerprint density at radius 3 is 2.65 bits per heavy atom. The normalized spacial score (nSPS) is 10.4. The number of hydrogen-bond donors (Lipinski definition) is 1. The lowest BCUT2D eigenvalue weighted by atomic mass is 10.2. The number of hydrogen-bond acceptors (Lipinski definition) is 4. The molecule has 7 heteroatoms. The first-order chi connectivity index (χ1) is 8.02. The molecule has 0 aliphatic heterocycles. The first-order valence-electron chi connectivity index (χ1n) is 4.77. The van der Waals surface area contributed by atoms with Crippen molar-refractivity contribution in [3.05, 3.63) is 27.5 Å². The van der Waals surface area contributed by atoms with E-state index in [1.165, 1.54) is 14.0 Å². The van der Waals surface area contributed by atoms with Gasteiger partial charge in [-0.15, -0.1) is 0 Å². The molecule has 1 N–H and O–H groups in total. The second-order valence-corrected chi connectivity index (χ2v) is 3.00. The zero-order valence-corrected chi connectivity index (χ0v) is 9.25. The van der Waals surface area contributed by atoms with Gasteiger partial charge in [-0.1, -0.05) is 0 Å². The molecule has 0 amide bonds. The third kappa shape index (κ3) is 2.61. The minimum Gasteiger partial charge on any atom is -0.482 e. The number of methoxy groups -OCH3 is 1. The Hall–Kier alpha value is -1.92. The van der Waals surface area contributed by atoms with Gasteiger partial charge in [0.05, 0.1) is 19.3 Å². The molecule has 1 aromatic heterocycles. The van der Waals surface area contributed by atoms with Gasteiger partial charge in [0.25, 0.3) is 6.43 Å². The van der Waals surface area contributed by atoms with E-state index < -0.39 is 29.0 Å². The van der Waals surface area contributed by atoms with Crippen LogP contribution in [0.3, 0.4) is 0 Å². The molecule has 17 heavy (non-hydrogen) atoms. The van der Waals surface area contributed by atoms with Gasteiger partial charge in [0.15, 0.2) is 5.56 Å². The van der Waals surface area contributed by atoms with Crippen LogP contribution in [0.4, 0.5) is 8.78 Å². The maximum atomic E-state index is 12.5. The molecular weight excluding hydrogens is 236 g/mol. The molecule has 1 rings (SSSR count). The summed E-state index contributed by atoms with van der Waals surface area (Å²) in [4.78, 5) is 25.4. The lowest BCUT2D eigenvalue weighted by Gasteiger charge is -2.08. The fraction of sp³-hybridized carbons (Fsp3) is 0.400. The third-order valence-corrected chi connectivity index (χ3v) is 1.99. The highest BCUT2D eigenvalue weighted by molar-refractivity contribution is 5.91. The van der Waals surface area contributed by atoms with Crippen LogP contribution in [0.25, 0.3) is 0 Å². The summed E-state index contributed by atoms with van der Waals surface area (Å²) < 4.78 is 34.3. The minimum absolute atomic E-state index is 0.0281. The molecule has 0 aromatic carbocycles. The predicted octanol–water partition coefficient (Wildman–Crippen LogP) is 1.50. The van der Waals surface area contributed by atoms with Crippen molar-refractivity contribution in [1.29, 1.82) is 0 Å². The molecule has 0 aliphatic carbocycles. The van der Waals surface area contributed by atoms with E-state index in [9.17, 15) is 18.4 Å². The van der Waals surface area contributed by atoms with Gasteiger partial charge in [0.1, 0.15) is 0 Å². The van der Waals surface area contributed by atoms with E-state index in [1.54, 1.807) is 0 Å². The number of halogens is 2. The van der Waals surface area contributed by atoms with Crippen molar-refractivity contribution in [3.8, 4) is 5.88 Å². The molecule has 94 valence electrons. The smallest absolute Gasteiger partial charge is 0.347 e. The van der Waals surface area contributed by atoms with Crippen molar-refractivity contribution < 1.29 is 23.0 Å². The SMILES string of the molecule is CCOC(=O)c1c(OC)[nH]cc(C(F)F)c1=O. The molecule has 0 fully saturated rings. The van der Waals surface area contributed by atoms with Crippen LogP contribution in [0, 0.1) is 0 Å². The molecule has 0 radical (unpaired) electrons. The van der Waals surface area contributed by atoms with Gasteiger partial charge in [0, 0.05) is 6.20 Å². The lowest BCUT2D eigenvalue weighted by molar-refractivity contribution is 0.0519. The Morgan fingerprint density at radius 2 is 2.18 bits per heavy atom. The van der Waals surface area contributed by atoms with E-state index >= 15 is 0 Å². The Labute approximate surface area is 95.4 Å². The summed E-state index contributed by atoms with van der Waals surface area (Å²) in [6, 6.07) is 0. The second-order valence-electron chi connectivity index (χ2n) is 3.00. The number of carbonyl (C=O) groups excluding carboxylic acids is 1. The highest BCUT2D eigenvalue weighted by Gasteiger charge is 2.24. The van der Waals surface area contributed by atoms with Gasteiger partial charge in [-0.05, 0) is 6.92 Å². The Balaban J connectivity index is 3.38. The second kappa shape index (κ2) is 5.42. The number of aromatic nitrogens is 1. The number of ether oxygens (including phenoxy) is 2. The summed E-state index contributed by atoms with van der Waals surface area (Å²) in [5.74, 6) is -1.19. The Morgan fingerprint density at radius 1 is 1.53 bits per heavy atom. The van der Waals surface area contributed by atoms with Crippen LogP contribution >= 0.6 is 0 Å². The van der Waals surface area contributed by atoms with Gasteiger partial charge < -0.3 is 14.5 Å². The first-order valence-corrected chi connectivity index (χ1v) is 4.77. The van der Waals surface area contributed by atoms with Crippen molar-refractivity contribution in [2.75, 3.05) is 13.7 Å². The van der Waals surface area contributed by atoms with Crippen LogP contribution < -0.4 is 10.2 Å². The molecule has 0 bridgehead atoms. The highest BCUT2D eigenvalue weighted by atomic mass is 19.3. The third-order valence-electron chi connectivity index (χ3n) is 1.99. The van der Waals surface area contributed by atoms with E-state index in [-0.39, 0.29) is 12.5 Å². The quantitative estimate of drug-likeness (QED) is 0.818. The number of esters is 1. The minimum atomic E-state index is -2.97. The van der Waals surface area contributed by atoms with E-state index in [4.69, 9.17) is 4.74 Å². The van der Waals surface area contributed by atoms with Crippen molar-refractivity contribution in [3.63, 3.8) is 0 Å². The van der Waals surface area contributed by atoms with E-state index in [2.05, 4.69) is 9.72 Å². The Bertz CT molecular complexity index is 470. The molecule has 1 aromatic rings. The summed E-state index contributed by atoms with van der Waals surface area (Å²) in [6.45, 7) is 1.57. The zero-order valence-electron chi connectivity index (χ0n) is 9.25. The lowest BCUT2D eigenvalue weighted by Crippen LogP contribution is -2.23. The monoisotopic (exact) mass is 247 g/mol. The van der Waals surface area contributed by atoms with Crippen LogP contribution in [0.2, 0.25) is 0 Å². The van der Waals surface area contributed by atoms with Crippen LogP contribution in [-0.4, -0.2) is 24.7 Å². The van der Waals surface area contributed by atoms with Gasteiger partial charge in [-0.25, -0.2) is 13.6 Å². The summed E-state index contributed by atoms with van der Waals surface area (Å²) in [5, 5.41) is 0. The number of pyridine rings is 1. The van der Waals surface area contributed by atoms with Gasteiger partial charge >= 0.3 is 5.97 Å². The van der Waals surface area contributed by atoms with Gasteiger partial charge in [0.2, 0.25) is 11.3 Å². The van der Waals surface area contributed by atoms with Crippen molar-refractivity contribution in [2.24, 2.45) is 0 Å². The molecule has 5 nitrogen and oxygen atoms in total. The van der Waals surface area contributed by atoms with E-state index in [0.29, 0.717) is 0 Å². The number of alkyl halides is 2. The number of H-pyrrole nitrogens is 1. The fourth-order valence-corrected chi connectivity index (χ4v) is 1.24. The molecule has 0 saturated carbocycles. The molecule has 0 spiro atoms. The number of aromatic amines is 1. The molecule has 0 aliphatic rings. The summed E-state index contributed by atoms with van der Waals surface area (Å²) in [7, 11) is 1.20. The maximum Gasteiger partial charge on any atom is 0.347 e. The van der Waals surface area contributed by atoms with Gasteiger partial charge in [-0.3, -0.25) is 4.79 Å². The summed E-state index contributed by atoms with van der Waals surface area (Å²) in [5.41, 5.74) is -2.44. The molecule has 1 heterocycles. The Kier molecular flexibility index (Phi) is 4.19. The van der Waals surface area contributed by atoms with Crippen LogP contribution in [0.15, 0.2) is 11.0 Å². The average molecular weight is 247 g/mol. The zero-order chi connectivity index (χ0) is 13.0. The van der Waals surface area contributed by atoms with Crippen molar-refractivity contribution in [1.82, 2.24) is 4.98 Å². The summed E-state index contributed by atoms with van der Waals surface area (Å²) >= 11 is 0. The largest absolute Gasteiger partial charge is 0.482 e. The topological polar surface area (TPSA) is 68.4 Å². The number of nitrogens with one attached hydrogen (secondary N) is 1. The predicted molar refractivity (Wildman–Crippen MR) is 54.5 cm³/mol.